The molecule has 1 aromatic heterocycles. The van der Waals surface area contributed by atoms with Crippen LogP contribution in [-0.2, 0) is 0 Å². The molecule has 6 nitrogen and oxygen atoms in total. The lowest BCUT2D eigenvalue weighted by molar-refractivity contribution is -0.0500. The minimum Gasteiger partial charge on any atom is -0.433 e. The van der Waals surface area contributed by atoms with Crippen molar-refractivity contribution in [1.82, 2.24) is 10.2 Å². The number of H-pyrrole nitrogens is 1. The molecule has 0 aliphatic carbocycles. The molecule has 0 saturated carbocycles. The fraction of sp³-hybridized carbons (Fsp3) is 0.375. The summed E-state index contributed by atoms with van der Waals surface area (Å²) < 4.78 is 29.0. The van der Waals surface area contributed by atoms with Gasteiger partial charge in [0, 0.05) is 30.8 Å². The molecule has 24 heavy (non-hydrogen) atoms. The van der Waals surface area contributed by atoms with E-state index in [0.717, 1.165) is 37.3 Å². The van der Waals surface area contributed by atoms with Crippen LogP contribution in [0.3, 0.4) is 0 Å². The summed E-state index contributed by atoms with van der Waals surface area (Å²) in [6, 6.07) is 8.46. The zero-order chi connectivity index (χ0) is 17.1. The maximum absolute atomic E-state index is 12.3. The summed E-state index contributed by atoms with van der Waals surface area (Å²) in [6.07, 6.45) is 1.81. The maximum Gasteiger partial charge on any atom is 0.387 e. The molecule has 0 bridgehead atoms. The van der Waals surface area contributed by atoms with Gasteiger partial charge in [-0.15, -0.1) is 0 Å². The Morgan fingerprint density at radius 1 is 1.33 bits per heavy atom. The minimum atomic E-state index is -2.94. The number of nitrogens with one attached hydrogen (secondary N) is 1. The molecule has 8 heteroatoms. The van der Waals surface area contributed by atoms with E-state index < -0.39 is 6.61 Å². The third kappa shape index (κ3) is 3.40. The van der Waals surface area contributed by atoms with E-state index in [4.69, 9.17) is 11.0 Å². The Morgan fingerprint density at radius 2 is 2.08 bits per heavy atom. The maximum atomic E-state index is 12.3. The molecule has 2 aromatic rings. The second kappa shape index (κ2) is 6.74. The fourth-order valence-corrected chi connectivity index (χ4v) is 3.00. The summed E-state index contributed by atoms with van der Waals surface area (Å²) in [5, 5.41) is 16.1. The highest BCUT2D eigenvalue weighted by molar-refractivity contribution is 5.57. The highest BCUT2D eigenvalue weighted by Gasteiger charge is 2.23. The number of nitrogens with zero attached hydrogens (tertiary/aromatic N) is 3. The number of hydrogen-bond acceptors (Lipinski definition) is 5. The number of benzene rings is 1. The first-order valence-electron chi connectivity index (χ1n) is 7.61. The molecule has 3 rings (SSSR count). The Bertz CT molecular complexity index is 747. The number of rotatable bonds is 4. The number of aromatic amines is 1. The van der Waals surface area contributed by atoms with Gasteiger partial charge in [0.15, 0.2) is 0 Å². The molecule has 3 N–H and O–H groups in total. The van der Waals surface area contributed by atoms with Gasteiger partial charge in [0.2, 0.25) is 0 Å². The van der Waals surface area contributed by atoms with Crippen molar-refractivity contribution in [3.63, 3.8) is 0 Å². The third-order valence-electron chi connectivity index (χ3n) is 4.20. The van der Waals surface area contributed by atoms with Gasteiger partial charge in [-0.2, -0.15) is 19.1 Å². The van der Waals surface area contributed by atoms with E-state index in [-0.39, 0.29) is 11.3 Å². The molecule has 1 aliphatic rings. The van der Waals surface area contributed by atoms with Gasteiger partial charge in [-0.3, -0.25) is 5.10 Å². The number of piperidine rings is 1. The van der Waals surface area contributed by atoms with Gasteiger partial charge >= 0.3 is 6.61 Å². The zero-order valence-electron chi connectivity index (χ0n) is 12.9. The van der Waals surface area contributed by atoms with Crippen molar-refractivity contribution in [1.29, 1.82) is 5.26 Å². The average molecular weight is 333 g/mol. The molecular formula is C16H17F2N5O. The molecule has 1 aromatic carbocycles. The predicted molar refractivity (Wildman–Crippen MR) is 85.0 cm³/mol. The monoisotopic (exact) mass is 333 g/mol. The SMILES string of the molecule is N#Cc1cc(N2CCC(c3cc(N)[nH]n3)CC2)ccc1OC(F)F. The molecule has 0 radical (unpaired) electrons. The van der Waals surface area contributed by atoms with Crippen LogP contribution in [0.4, 0.5) is 20.3 Å². The lowest BCUT2D eigenvalue weighted by atomic mass is 9.93. The van der Waals surface area contributed by atoms with Crippen LogP contribution in [0.1, 0.15) is 30.0 Å². The van der Waals surface area contributed by atoms with E-state index in [1.165, 1.54) is 6.07 Å². The Morgan fingerprint density at radius 3 is 2.67 bits per heavy atom. The first-order chi connectivity index (χ1) is 11.6. The van der Waals surface area contributed by atoms with E-state index in [0.29, 0.717) is 11.7 Å². The van der Waals surface area contributed by atoms with Crippen LogP contribution in [0.15, 0.2) is 24.3 Å². The predicted octanol–water partition coefficient (Wildman–Crippen LogP) is 2.85. The van der Waals surface area contributed by atoms with Gasteiger partial charge in [-0.1, -0.05) is 0 Å². The highest BCUT2D eigenvalue weighted by Crippen LogP contribution is 2.32. The van der Waals surface area contributed by atoms with Crippen LogP contribution in [0.2, 0.25) is 0 Å². The van der Waals surface area contributed by atoms with Crippen molar-refractivity contribution < 1.29 is 13.5 Å². The van der Waals surface area contributed by atoms with Gasteiger partial charge in [-0.05, 0) is 31.0 Å². The second-order valence-electron chi connectivity index (χ2n) is 5.68. The molecule has 0 atom stereocenters. The van der Waals surface area contributed by atoms with Crippen molar-refractivity contribution in [2.24, 2.45) is 0 Å². The zero-order valence-corrected chi connectivity index (χ0v) is 12.9. The molecule has 1 fully saturated rings. The van der Waals surface area contributed by atoms with E-state index >= 15 is 0 Å². The molecule has 0 amide bonds. The van der Waals surface area contributed by atoms with Crippen LogP contribution in [0.5, 0.6) is 5.75 Å². The van der Waals surface area contributed by atoms with Gasteiger partial charge < -0.3 is 15.4 Å². The van der Waals surface area contributed by atoms with E-state index in [1.807, 2.05) is 12.1 Å². The Labute approximate surface area is 137 Å². The number of anilines is 2. The third-order valence-corrected chi connectivity index (χ3v) is 4.20. The highest BCUT2D eigenvalue weighted by atomic mass is 19.3. The smallest absolute Gasteiger partial charge is 0.387 e. The van der Waals surface area contributed by atoms with Gasteiger partial charge in [-0.25, -0.2) is 0 Å². The Kier molecular flexibility index (Phi) is 4.51. The number of halogens is 2. The van der Waals surface area contributed by atoms with E-state index in [1.54, 1.807) is 12.1 Å². The standard InChI is InChI=1S/C16H17F2N5O/c17-16(18)24-14-2-1-12(7-11(14)9-19)23-5-3-10(4-6-23)13-8-15(20)22-21-13/h1-2,7-8,10,16H,3-6H2,(H3,20,21,22). The second-order valence-corrected chi connectivity index (χ2v) is 5.68. The van der Waals surface area contributed by atoms with Gasteiger partial charge in [0.1, 0.15) is 17.6 Å². The van der Waals surface area contributed by atoms with Crippen LogP contribution < -0.4 is 15.4 Å². The first kappa shape index (κ1) is 16.1. The van der Waals surface area contributed by atoms with Crippen molar-refractivity contribution in [3.05, 3.63) is 35.5 Å². The molecule has 126 valence electrons. The normalized spacial score (nSPS) is 15.5. The number of ether oxygens (including phenoxy) is 1. The van der Waals surface area contributed by atoms with Crippen molar-refractivity contribution in [2.45, 2.75) is 25.4 Å². The minimum absolute atomic E-state index is 0.0990. The summed E-state index contributed by atoms with van der Waals surface area (Å²) in [4.78, 5) is 2.12. The van der Waals surface area contributed by atoms with Crippen molar-refractivity contribution >= 4 is 11.5 Å². The number of nitrogen functional groups attached to an aromatic ring is 1. The largest absolute Gasteiger partial charge is 0.433 e. The molecule has 0 unspecified atom stereocenters. The Hall–Kier alpha value is -2.82. The summed E-state index contributed by atoms with van der Waals surface area (Å²) in [5.74, 6) is 0.797. The van der Waals surface area contributed by atoms with Crippen LogP contribution >= 0.6 is 0 Å². The van der Waals surface area contributed by atoms with Crippen molar-refractivity contribution in [3.8, 4) is 11.8 Å². The molecule has 1 aliphatic heterocycles. The van der Waals surface area contributed by atoms with Gasteiger partial charge in [0.05, 0.1) is 11.3 Å². The van der Waals surface area contributed by atoms with E-state index in [9.17, 15) is 8.78 Å². The number of hydrogen-bond donors (Lipinski definition) is 2. The molecular weight excluding hydrogens is 316 g/mol. The number of nitriles is 1. The summed E-state index contributed by atoms with van der Waals surface area (Å²) in [5.41, 5.74) is 7.56. The van der Waals surface area contributed by atoms with Gasteiger partial charge in [0.25, 0.3) is 0 Å². The topological polar surface area (TPSA) is 91.0 Å². The van der Waals surface area contributed by atoms with Crippen LogP contribution in [-0.4, -0.2) is 29.9 Å². The first-order valence-corrected chi connectivity index (χ1v) is 7.61. The van der Waals surface area contributed by atoms with E-state index in [2.05, 4.69) is 19.8 Å². The summed E-state index contributed by atoms with van der Waals surface area (Å²) in [7, 11) is 0. The average Bonchev–Trinajstić information content (AvgIpc) is 3.01. The van der Waals surface area contributed by atoms with Crippen LogP contribution in [0.25, 0.3) is 0 Å². The molecule has 2 heterocycles. The lowest BCUT2D eigenvalue weighted by Crippen LogP contribution is -2.33. The molecule has 1 saturated heterocycles. The quantitative estimate of drug-likeness (QED) is 0.898. The number of alkyl halides is 2. The van der Waals surface area contributed by atoms with Crippen molar-refractivity contribution in [2.75, 3.05) is 23.7 Å². The number of aromatic nitrogens is 2. The Balaban J connectivity index is 1.69. The summed E-state index contributed by atoms with van der Waals surface area (Å²) in [6.45, 7) is -1.37. The molecule has 0 spiro atoms. The summed E-state index contributed by atoms with van der Waals surface area (Å²) >= 11 is 0. The van der Waals surface area contributed by atoms with Crippen LogP contribution in [0, 0.1) is 11.3 Å². The lowest BCUT2D eigenvalue weighted by Gasteiger charge is -2.33. The fourth-order valence-electron chi connectivity index (χ4n) is 3.00. The number of nitrogens with two attached hydrogens (primary N) is 1.